The van der Waals surface area contributed by atoms with E-state index in [0.717, 1.165) is 5.56 Å². The summed E-state index contributed by atoms with van der Waals surface area (Å²) in [6, 6.07) is 13.3. The Morgan fingerprint density at radius 1 is 1.19 bits per heavy atom. The maximum absolute atomic E-state index is 16.0. The summed E-state index contributed by atoms with van der Waals surface area (Å²) in [7, 11) is 3.19. The van der Waals surface area contributed by atoms with Gasteiger partial charge < -0.3 is 25.2 Å². The molecule has 2 atom stereocenters. The Balaban J connectivity index is 1.96. The number of halogens is 3. The monoisotopic (exact) mass is 516 g/mol. The number of nitrogens with one attached hydrogen (secondary N) is 2. The minimum absolute atomic E-state index is 0.0270. The van der Waals surface area contributed by atoms with E-state index in [9.17, 15) is 9.90 Å². The number of hydrogen-bond donors (Lipinski definition) is 3. The maximum atomic E-state index is 16.0. The second kappa shape index (κ2) is 10.4. The molecule has 0 saturated heterocycles. The van der Waals surface area contributed by atoms with E-state index in [4.69, 9.17) is 21.1 Å². The number of fused-ring (bicyclic) bond motifs is 1. The molecule has 0 unspecified atom stereocenters. The zero-order chi connectivity index (χ0) is 26.0. The van der Waals surface area contributed by atoms with Gasteiger partial charge in [-0.15, -0.1) is 0 Å². The molecule has 0 spiro atoms. The topological polar surface area (TPSA) is 79.8 Å². The third-order valence-electron chi connectivity index (χ3n) is 6.12. The number of aliphatic hydroxyl groups excluding tert-OH is 1. The summed E-state index contributed by atoms with van der Waals surface area (Å²) in [5.74, 6) is -2.27. The first-order valence-electron chi connectivity index (χ1n) is 11.5. The molecule has 0 fully saturated rings. The molecule has 1 aliphatic rings. The van der Waals surface area contributed by atoms with E-state index >= 15 is 8.78 Å². The molecule has 4 rings (SSSR count). The first-order chi connectivity index (χ1) is 17.2. The second-order valence-corrected chi connectivity index (χ2v) is 9.11. The number of benzene rings is 3. The average molecular weight is 517 g/mol. The quantitative estimate of drug-likeness (QED) is 0.412. The van der Waals surface area contributed by atoms with Gasteiger partial charge in [-0.05, 0) is 31.7 Å². The van der Waals surface area contributed by atoms with Crippen molar-refractivity contribution in [1.29, 1.82) is 0 Å². The van der Waals surface area contributed by atoms with Gasteiger partial charge in [-0.3, -0.25) is 4.79 Å². The van der Waals surface area contributed by atoms with Crippen LogP contribution in [0, 0.1) is 11.6 Å². The van der Waals surface area contributed by atoms with Crippen molar-refractivity contribution in [2.45, 2.75) is 25.0 Å². The number of carbonyl (C=O) groups is 1. The van der Waals surface area contributed by atoms with Crippen LogP contribution in [0.25, 0.3) is 11.1 Å². The number of carbonyl (C=O) groups excluding carboxylic acids is 1. The summed E-state index contributed by atoms with van der Waals surface area (Å²) in [5, 5.41) is 14.9. The molecule has 1 aliphatic heterocycles. The fraction of sp³-hybridized carbons (Fsp3) is 0.296. The first-order valence-corrected chi connectivity index (χ1v) is 11.9. The minimum Gasteiger partial charge on any atom is -0.488 e. The Labute approximate surface area is 213 Å². The van der Waals surface area contributed by atoms with Gasteiger partial charge in [0, 0.05) is 42.8 Å². The Bertz CT molecular complexity index is 1290. The van der Waals surface area contributed by atoms with Gasteiger partial charge in [-0.1, -0.05) is 41.9 Å². The standard InChI is InChI=1S/C27H27ClF2N2O4/c1-15(33)13-35-20-10-9-17(26(34)32-3)23(25(20)30)22-18-12-27(14-31-2,16-7-5-4-6-8-16)36-21(18)11-19(29)24(22)28/h4-11,15,31,33H,12-14H2,1-3H3,(H,32,34)/t15-,27+/m0/s1. The predicted octanol–water partition coefficient (Wildman–Crippen LogP) is 4.45. The summed E-state index contributed by atoms with van der Waals surface area (Å²) in [4.78, 5) is 12.7. The van der Waals surface area contributed by atoms with Crippen molar-refractivity contribution in [3.05, 3.63) is 81.9 Å². The lowest BCUT2D eigenvalue weighted by Gasteiger charge is -2.29. The number of aliphatic hydroxyl groups is 1. The summed E-state index contributed by atoms with van der Waals surface area (Å²) < 4.78 is 42.9. The van der Waals surface area contributed by atoms with E-state index in [1.165, 1.54) is 32.2 Å². The summed E-state index contributed by atoms with van der Waals surface area (Å²) in [5.41, 5.74) is 0.194. The van der Waals surface area contributed by atoms with Crippen LogP contribution < -0.4 is 20.1 Å². The Morgan fingerprint density at radius 3 is 2.56 bits per heavy atom. The highest BCUT2D eigenvalue weighted by atomic mass is 35.5. The SMILES string of the molecule is CNC[C@@]1(c2ccccc2)Cc2c(cc(F)c(Cl)c2-c2c(C(=O)NC)ccc(OC[C@H](C)O)c2F)O1. The number of ether oxygens (including phenoxy) is 2. The van der Waals surface area contributed by atoms with E-state index in [1.807, 2.05) is 30.3 Å². The molecule has 0 aromatic heterocycles. The number of hydrogen-bond acceptors (Lipinski definition) is 5. The van der Waals surface area contributed by atoms with E-state index < -0.39 is 29.2 Å². The molecular weight excluding hydrogens is 490 g/mol. The normalized spacial score (nSPS) is 17.3. The molecule has 1 amide bonds. The highest BCUT2D eigenvalue weighted by molar-refractivity contribution is 6.34. The molecule has 9 heteroatoms. The van der Waals surface area contributed by atoms with Crippen molar-refractivity contribution in [3.8, 4) is 22.6 Å². The van der Waals surface area contributed by atoms with E-state index in [1.54, 1.807) is 7.05 Å². The second-order valence-electron chi connectivity index (χ2n) is 8.73. The van der Waals surface area contributed by atoms with Crippen LogP contribution in [-0.4, -0.2) is 44.4 Å². The molecule has 6 nitrogen and oxygen atoms in total. The van der Waals surface area contributed by atoms with Crippen LogP contribution >= 0.6 is 11.6 Å². The predicted molar refractivity (Wildman–Crippen MR) is 134 cm³/mol. The molecule has 1 heterocycles. The molecule has 0 saturated carbocycles. The van der Waals surface area contributed by atoms with Crippen LogP contribution in [0.2, 0.25) is 5.02 Å². The van der Waals surface area contributed by atoms with Gasteiger partial charge in [0.05, 0.1) is 16.7 Å². The van der Waals surface area contributed by atoms with Gasteiger partial charge in [0.15, 0.2) is 17.2 Å². The van der Waals surface area contributed by atoms with Crippen LogP contribution in [0.1, 0.15) is 28.4 Å². The average Bonchev–Trinajstić information content (AvgIpc) is 3.23. The van der Waals surface area contributed by atoms with Gasteiger partial charge in [-0.25, -0.2) is 8.78 Å². The number of likely N-dealkylation sites (N-methyl/N-ethyl adjacent to an activating group) is 1. The van der Waals surface area contributed by atoms with E-state index in [0.29, 0.717) is 12.1 Å². The molecular formula is C27H27ClF2N2O4. The number of amides is 1. The smallest absolute Gasteiger partial charge is 0.251 e. The third kappa shape index (κ3) is 4.64. The van der Waals surface area contributed by atoms with Gasteiger partial charge in [0.25, 0.3) is 5.91 Å². The van der Waals surface area contributed by atoms with Crippen molar-refractivity contribution in [2.75, 3.05) is 27.2 Å². The molecule has 3 N–H and O–H groups in total. The van der Waals surface area contributed by atoms with Crippen LogP contribution in [0.3, 0.4) is 0 Å². The van der Waals surface area contributed by atoms with E-state index in [2.05, 4.69) is 10.6 Å². The lowest BCUT2D eigenvalue weighted by Crippen LogP contribution is -2.41. The summed E-state index contributed by atoms with van der Waals surface area (Å²) in [6.45, 7) is 1.70. The zero-order valence-corrected chi connectivity index (χ0v) is 20.9. The lowest BCUT2D eigenvalue weighted by molar-refractivity contribution is 0.0940. The van der Waals surface area contributed by atoms with Crippen LogP contribution in [0.4, 0.5) is 8.78 Å². The van der Waals surface area contributed by atoms with Crippen molar-refractivity contribution < 1.29 is 28.2 Å². The van der Waals surface area contributed by atoms with Gasteiger partial charge in [-0.2, -0.15) is 0 Å². The van der Waals surface area contributed by atoms with Gasteiger partial charge >= 0.3 is 0 Å². The Kier molecular flexibility index (Phi) is 7.49. The molecule has 3 aromatic rings. The molecule has 0 bridgehead atoms. The molecule has 3 aromatic carbocycles. The first kappa shape index (κ1) is 25.9. The third-order valence-corrected chi connectivity index (χ3v) is 6.49. The van der Waals surface area contributed by atoms with Crippen LogP contribution in [0.15, 0.2) is 48.5 Å². The fourth-order valence-corrected chi connectivity index (χ4v) is 4.80. The molecule has 36 heavy (non-hydrogen) atoms. The minimum atomic E-state index is -0.908. The Morgan fingerprint density at radius 2 is 1.92 bits per heavy atom. The lowest BCUT2D eigenvalue weighted by atomic mass is 9.85. The fourth-order valence-electron chi connectivity index (χ4n) is 4.54. The van der Waals surface area contributed by atoms with Crippen LogP contribution in [0.5, 0.6) is 11.5 Å². The highest BCUT2D eigenvalue weighted by Crippen LogP contribution is 2.50. The van der Waals surface area contributed by atoms with E-state index in [-0.39, 0.29) is 46.2 Å². The van der Waals surface area contributed by atoms with Crippen molar-refractivity contribution in [2.24, 2.45) is 0 Å². The van der Waals surface area contributed by atoms with Crippen molar-refractivity contribution in [3.63, 3.8) is 0 Å². The molecule has 190 valence electrons. The van der Waals surface area contributed by atoms with Crippen LogP contribution in [-0.2, 0) is 12.0 Å². The Hall–Kier alpha value is -3.20. The largest absolute Gasteiger partial charge is 0.488 e. The molecule has 0 aliphatic carbocycles. The van der Waals surface area contributed by atoms with Gasteiger partial charge in [0.1, 0.15) is 18.2 Å². The summed E-state index contributed by atoms with van der Waals surface area (Å²) in [6.07, 6.45) is -0.608. The highest BCUT2D eigenvalue weighted by Gasteiger charge is 2.43. The van der Waals surface area contributed by atoms with Crippen molar-refractivity contribution >= 4 is 17.5 Å². The molecule has 0 radical (unpaired) electrons. The van der Waals surface area contributed by atoms with Gasteiger partial charge in [0.2, 0.25) is 0 Å². The number of rotatable bonds is 8. The zero-order valence-electron chi connectivity index (χ0n) is 20.1. The summed E-state index contributed by atoms with van der Waals surface area (Å²) >= 11 is 6.47. The maximum Gasteiger partial charge on any atom is 0.251 e. The van der Waals surface area contributed by atoms with Crippen molar-refractivity contribution in [1.82, 2.24) is 10.6 Å².